The molecule has 0 fully saturated rings. The van der Waals surface area contributed by atoms with Gasteiger partial charge in [-0.3, -0.25) is 4.79 Å². The van der Waals surface area contributed by atoms with Crippen molar-refractivity contribution < 1.29 is 14.7 Å². The lowest BCUT2D eigenvalue weighted by Crippen LogP contribution is -2.39. The topological polar surface area (TPSA) is 78.4 Å². The molecule has 5 heteroatoms. The molecule has 2 amide bonds. The highest BCUT2D eigenvalue weighted by atomic mass is 16.4. The zero-order valence-corrected chi connectivity index (χ0v) is 12.9. The van der Waals surface area contributed by atoms with Gasteiger partial charge in [0.2, 0.25) is 0 Å². The van der Waals surface area contributed by atoms with Crippen LogP contribution in [0.25, 0.3) is 0 Å². The molecule has 2 atom stereocenters. The van der Waals surface area contributed by atoms with E-state index in [0.717, 1.165) is 38.6 Å². The molecule has 0 radical (unpaired) electrons. The lowest BCUT2D eigenvalue weighted by molar-refractivity contribution is -0.137. The van der Waals surface area contributed by atoms with Gasteiger partial charge < -0.3 is 15.7 Å². The number of carbonyl (C=O) groups is 2. The minimum atomic E-state index is -0.749. The van der Waals surface area contributed by atoms with E-state index in [1.54, 1.807) is 0 Å². The monoisotopic (exact) mass is 296 g/mol. The highest BCUT2D eigenvalue weighted by molar-refractivity contribution is 5.73. The Balaban J connectivity index is 2.08. The first-order valence-corrected chi connectivity index (χ1v) is 8.00. The van der Waals surface area contributed by atoms with Gasteiger partial charge in [0.1, 0.15) is 0 Å². The van der Waals surface area contributed by atoms with Crippen LogP contribution in [-0.4, -0.2) is 30.2 Å². The quantitative estimate of drug-likeness (QED) is 0.572. The SMILES string of the molecule is CCC(CCNC(=O)NCC1CC=CCC1)CCC(=O)O. The normalized spacial score (nSPS) is 19.0. The lowest BCUT2D eigenvalue weighted by atomic mass is 9.94. The molecule has 0 saturated heterocycles. The molecule has 1 rings (SSSR count). The fourth-order valence-electron chi connectivity index (χ4n) is 2.61. The van der Waals surface area contributed by atoms with Crippen LogP contribution < -0.4 is 10.6 Å². The molecule has 0 heterocycles. The van der Waals surface area contributed by atoms with Crippen LogP contribution in [0.5, 0.6) is 0 Å². The van der Waals surface area contributed by atoms with Crippen LogP contribution in [0.2, 0.25) is 0 Å². The first-order chi connectivity index (χ1) is 10.1. The van der Waals surface area contributed by atoms with Gasteiger partial charge in [0.25, 0.3) is 0 Å². The molecule has 5 nitrogen and oxygen atoms in total. The number of urea groups is 1. The van der Waals surface area contributed by atoms with Gasteiger partial charge in [-0.1, -0.05) is 25.5 Å². The first-order valence-electron chi connectivity index (χ1n) is 8.00. The maximum atomic E-state index is 11.7. The third-order valence-electron chi connectivity index (χ3n) is 4.11. The average molecular weight is 296 g/mol. The molecule has 0 aliphatic heterocycles. The minimum absolute atomic E-state index is 0.113. The van der Waals surface area contributed by atoms with Crippen molar-refractivity contribution in [2.75, 3.05) is 13.1 Å². The predicted molar refractivity (Wildman–Crippen MR) is 83.2 cm³/mol. The summed E-state index contributed by atoms with van der Waals surface area (Å²) in [5, 5.41) is 14.5. The molecule has 0 saturated carbocycles. The summed E-state index contributed by atoms with van der Waals surface area (Å²) >= 11 is 0. The van der Waals surface area contributed by atoms with Gasteiger partial charge in [-0.2, -0.15) is 0 Å². The van der Waals surface area contributed by atoms with E-state index >= 15 is 0 Å². The summed E-state index contributed by atoms with van der Waals surface area (Å²) in [6.07, 6.45) is 10.4. The Labute approximate surface area is 127 Å². The molecule has 1 aliphatic carbocycles. The molecule has 2 unspecified atom stereocenters. The largest absolute Gasteiger partial charge is 0.481 e. The standard InChI is InChI=1S/C16H28N2O3/c1-2-13(8-9-15(19)20)10-11-17-16(21)18-12-14-6-4-3-5-7-14/h3-4,13-14H,2,5-12H2,1H3,(H,19,20)(H2,17,18,21). The summed E-state index contributed by atoms with van der Waals surface area (Å²) in [5.41, 5.74) is 0. The van der Waals surface area contributed by atoms with E-state index in [0.29, 0.717) is 24.8 Å². The van der Waals surface area contributed by atoms with Crippen LogP contribution >= 0.6 is 0 Å². The van der Waals surface area contributed by atoms with Gasteiger partial charge >= 0.3 is 12.0 Å². The Morgan fingerprint density at radius 3 is 2.71 bits per heavy atom. The predicted octanol–water partition coefficient (Wildman–Crippen LogP) is 2.92. The highest BCUT2D eigenvalue weighted by Gasteiger charge is 2.12. The third-order valence-corrected chi connectivity index (χ3v) is 4.11. The Kier molecular flexibility index (Phi) is 8.55. The molecule has 0 aromatic rings. The summed E-state index contributed by atoms with van der Waals surface area (Å²) < 4.78 is 0. The Hall–Kier alpha value is -1.52. The van der Waals surface area contributed by atoms with Gasteiger partial charge in [-0.05, 0) is 43.9 Å². The van der Waals surface area contributed by atoms with Crippen molar-refractivity contribution in [3.63, 3.8) is 0 Å². The molecule has 0 aromatic heterocycles. The number of aliphatic carboxylic acids is 1. The summed E-state index contributed by atoms with van der Waals surface area (Å²) in [6, 6.07) is -0.113. The number of carboxylic acids is 1. The summed E-state index contributed by atoms with van der Waals surface area (Å²) in [6.45, 7) is 3.39. The highest BCUT2D eigenvalue weighted by Crippen LogP contribution is 2.17. The number of carbonyl (C=O) groups excluding carboxylic acids is 1. The lowest BCUT2D eigenvalue weighted by Gasteiger charge is -2.19. The van der Waals surface area contributed by atoms with Crippen LogP contribution in [0.1, 0.15) is 51.9 Å². The minimum Gasteiger partial charge on any atom is -0.481 e. The second-order valence-corrected chi connectivity index (χ2v) is 5.78. The molecular formula is C16H28N2O3. The molecule has 0 bridgehead atoms. The number of hydrogen-bond acceptors (Lipinski definition) is 2. The maximum Gasteiger partial charge on any atom is 0.314 e. The van der Waals surface area contributed by atoms with Gasteiger partial charge in [0, 0.05) is 19.5 Å². The fraction of sp³-hybridized carbons (Fsp3) is 0.750. The zero-order chi connectivity index (χ0) is 15.5. The van der Waals surface area contributed by atoms with Gasteiger partial charge in [-0.15, -0.1) is 0 Å². The van der Waals surface area contributed by atoms with Crippen molar-refractivity contribution in [2.24, 2.45) is 11.8 Å². The maximum absolute atomic E-state index is 11.7. The molecule has 1 aliphatic rings. The summed E-state index contributed by atoms with van der Waals surface area (Å²) in [5.74, 6) is 0.172. The van der Waals surface area contributed by atoms with Crippen molar-refractivity contribution in [1.29, 1.82) is 0 Å². The number of amides is 2. The molecule has 21 heavy (non-hydrogen) atoms. The molecular weight excluding hydrogens is 268 g/mol. The van der Waals surface area contributed by atoms with Crippen LogP contribution in [0.15, 0.2) is 12.2 Å². The second-order valence-electron chi connectivity index (χ2n) is 5.78. The summed E-state index contributed by atoms with van der Waals surface area (Å²) in [7, 11) is 0. The van der Waals surface area contributed by atoms with Gasteiger partial charge in [-0.25, -0.2) is 4.79 Å². The van der Waals surface area contributed by atoms with Gasteiger partial charge in [0.15, 0.2) is 0 Å². The first kappa shape index (κ1) is 17.5. The van der Waals surface area contributed by atoms with Crippen molar-refractivity contribution in [1.82, 2.24) is 10.6 Å². The number of carboxylic acid groups (broad SMARTS) is 1. The van der Waals surface area contributed by atoms with Crippen molar-refractivity contribution >= 4 is 12.0 Å². The number of allylic oxidation sites excluding steroid dienone is 2. The van der Waals surface area contributed by atoms with Gasteiger partial charge in [0.05, 0.1) is 0 Å². The van der Waals surface area contributed by atoms with E-state index in [1.165, 1.54) is 0 Å². The molecule has 120 valence electrons. The Morgan fingerprint density at radius 2 is 2.10 bits per heavy atom. The zero-order valence-electron chi connectivity index (χ0n) is 12.9. The van der Waals surface area contributed by atoms with E-state index in [2.05, 4.69) is 29.7 Å². The molecule has 0 spiro atoms. The van der Waals surface area contributed by atoms with E-state index in [1.807, 2.05) is 0 Å². The number of nitrogens with one attached hydrogen (secondary N) is 2. The van der Waals surface area contributed by atoms with Crippen molar-refractivity contribution in [3.05, 3.63) is 12.2 Å². The van der Waals surface area contributed by atoms with Crippen LogP contribution in [0.3, 0.4) is 0 Å². The third kappa shape index (κ3) is 8.38. The Bertz CT molecular complexity index is 355. The van der Waals surface area contributed by atoms with E-state index < -0.39 is 5.97 Å². The molecule has 0 aromatic carbocycles. The van der Waals surface area contributed by atoms with Crippen molar-refractivity contribution in [2.45, 2.75) is 51.9 Å². The van der Waals surface area contributed by atoms with Crippen LogP contribution in [0, 0.1) is 11.8 Å². The second kappa shape index (κ2) is 10.2. The van der Waals surface area contributed by atoms with Crippen LogP contribution in [-0.2, 0) is 4.79 Å². The summed E-state index contributed by atoms with van der Waals surface area (Å²) in [4.78, 5) is 22.2. The van der Waals surface area contributed by atoms with E-state index in [4.69, 9.17) is 5.11 Å². The fourth-order valence-corrected chi connectivity index (χ4v) is 2.61. The smallest absolute Gasteiger partial charge is 0.314 e. The van der Waals surface area contributed by atoms with Crippen molar-refractivity contribution in [3.8, 4) is 0 Å². The average Bonchev–Trinajstić information content (AvgIpc) is 2.49. The van der Waals surface area contributed by atoms with Crippen LogP contribution in [0.4, 0.5) is 4.79 Å². The van der Waals surface area contributed by atoms with E-state index in [-0.39, 0.29) is 12.5 Å². The molecule has 3 N–H and O–H groups in total. The van der Waals surface area contributed by atoms with E-state index in [9.17, 15) is 9.59 Å². The Morgan fingerprint density at radius 1 is 1.29 bits per heavy atom. The number of hydrogen-bond donors (Lipinski definition) is 3. The number of rotatable bonds is 9.